The van der Waals surface area contributed by atoms with Crippen molar-refractivity contribution < 1.29 is 14.3 Å². The molecule has 0 aliphatic rings. The molecule has 1 rings (SSSR count). The SMILES string of the molecule is CN(N)C(=O)N(N)c1cc(N)c(F)cc1O. The van der Waals surface area contributed by atoms with Crippen molar-refractivity contribution in [3.63, 3.8) is 0 Å². The molecule has 88 valence electrons. The zero-order valence-corrected chi connectivity index (χ0v) is 8.51. The first-order valence-corrected chi connectivity index (χ1v) is 4.19. The average molecular weight is 229 g/mol. The van der Waals surface area contributed by atoms with E-state index in [4.69, 9.17) is 17.4 Å². The van der Waals surface area contributed by atoms with E-state index in [1.165, 1.54) is 7.05 Å². The number of benzene rings is 1. The van der Waals surface area contributed by atoms with E-state index >= 15 is 0 Å². The predicted molar refractivity (Wildman–Crippen MR) is 56.5 cm³/mol. The maximum absolute atomic E-state index is 12.9. The number of aromatic hydroxyl groups is 1. The van der Waals surface area contributed by atoms with Crippen molar-refractivity contribution in [2.75, 3.05) is 17.8 Å². The molecule has 0 aliphatic heterocycles. The van der Waals surface area contributed by atoms with E-state index in [0.717, 1.165) is 12.1 Å². The van der Waals surface area contributed by atoms with E-state index in [9.17, 15) is 14.3 Å². The van der Waals surface area contributed by atoms with Gasteiger partial charge in [0.25, 0.3) is 0 Å². The molecule has 0 spiro atoms. The van der Waals surface area contributed by atoms with Crippen molar-refractivity contribution in [2.24, 2.45) is 11.7 Å². The van der Waals surface area contributed by atoms with Gasteiger partial charge in [-0.3, -0.25) is 5.01 Å². The quantitative estimate of drug-likeness (QED) is 0.173. The molecule has 0 atom stereocenters. The Balaban J connectivity index is 3.14. The Labute approximate surface area is 90.8 Å². The van der Waals surface area contributed by atoms with Crippen molar-refractivity contribution in [2.45, 2.75) is 0 Å². The van der Waals surface area contributed by atoms with Crippen LogP contribution in [0, 0.1) is 5.82 Å². The number of hydrogen-bond donors (Lipinski definition) is 4. The largest absolute Gasteiger partial charge is 0.506 e. The lowest BCUT2D eigenvalue weighted by Gasteiger charge is -2.21. The summed E-state index contributed by atoms with van der Waals surface area (Å²) < 4.78 is 12.9. The summed E-state index contributed by atoms with van der Waals surface area (Å²) >= 11 is 0. The summed E-state index contributed by atoms with van der Waals surface area (Å²) in [4.78, 5) is 11.3. The maximum Gasteiger partial charge on any atom is 0.352 e. The van der Waals surface area contributed by atoms with Crippen molar-refractivity contribution in [1.29, 1.82) is 0 Å². The molecule has 0 aliphatic carbocycles. The Kier molecular flexibility index (Phi) is 3.16. The van der Waals surface area contributed by atoms with Crippen LogP contribution in [0.15, 0.2) is 12.1 Å². The Morgan fingerprint density at radius 1 is 1.44 bits per heavy atom. The first-order valence-electron chi connectivity index (χ1n) is 4.19. The van der Waals surface area contributed by atoms with Crippen LogP contribution in [0.1, 0.15) is 0 Å². The number of rotatable bonds is 1. The molecule has 0 aromatic heterocycles. The van der Waals surface area contributed by atoms with Gasteiger partial charge in [-0.25, -0.2) is 25.9 Å². The van der Waals surface area contributed by atoms with Crippen molar-refractivity contribution in [1.82, 2.24) is 5.01 Å². The number of urea groups is 1. The second-order valence-corrected chi connectivity index (χ2v) is 3.13. The second-order valence-electron chi connectivity index (χ2n) is 3.13. The van der Waals surface area contributed by atoms with Crippen LogP contribution >= 0.6 is 0 Å². The summed E-state index contributed by atoms with van der Waals surface area (Å²) in [7, 11) is 1.27. The van der Waals surface area contributed by atoms with Crippen molar-refractivity contribution in [3.8, 4) is 5.75 Å². The minimum Gasteiger partial charge on any atom is -0.506 e. The molecule has 0 saturated carbocycles. The summed E-state index contributed by atoms with van der Waals surface area (Å²) in [5.74, 6) is 9.24. The fraction of sp³-hybridized carbons (Fsp3) is 0.125. The maximum atomic E-state index is 12.9. The van der Waals surface area contributed by atoms with Crippen LogP contribution in [-0.2, 0) is 0 Å². The molecule has 0 heterocycles. The molecule has 0 radical (unpaired) electrons. The Morgan fingerprint density at radius 3 is 2.50 bits per heavy atom. The smallest absolute Gasteiger partial charge is 0.352 e. The highest BCUT2D eigenvalue weighted by atomic mass is 19.1. The van der Waals surface area contributed by atoms with Crippen LogP contribution < -0.4 is 22.4 Å². The molecule has 1 aromatic carbocycles. The number of nitrogen functional groups attached to an aromatic ring is 1. The summed E-state index contributed by atoms with van der Waals surface area (Å²) in [6.07, 6.45) is 0. The second kappa shape index (κ2) is 4.21. The number of nitrogens with zero attached hydrogens (tertiary/aromatic N) is 2. The van der Waals surface area contributed by atoms with E-state index < -0.39 is 17.6 Å². The molecule has 7 N–H and O–H groups in total. The Morgan fingerprint density at radius 2 is 2.00 bits per heavy atom. The molecule has 0 bridgehead atoms. The average Bonchev–Trinajstić information content (AvgIpc) is 2.21. The third kappa shape index (κ3) is 2.12. The van der Waals surface area contributed by atoms with E-state index in [2.05, 4.69) is 0 Å². The molecule has 2 amide bonds. The van der Waals surface area contributed by atoms with Crippen LogP contribution in [0.3, 0.4) is 0 Å². The number of phenols is 1. The van der Waals surface area contributed by atoms with Crippen LogP contribution in [0.4, 0.5) is 20.6 Å². The van der Waals surface area contributed by atoms with E-state index in [0.29, 0.717) is 10.0 Å². The number of carbonyl (C=O) groups is 1. The minimum atomic E-state index is -0.803. The Hall–Kier alpha value is -2.06. The van der Waals surface area contributed by atoms with Gasteiger partial charge in [-0.15, -0.1) is 0 Å². The first kappa shape index (κ1) is 12.0. The molecule has 16 heavy (non-hydrogen) atoms. The third-order valence-corrected chi connectivity index (χ3v) is 1.86. The highest BCUT2D eigenvalue weighted by Gasteiger charge is 2.19. The normalized spacial score (nSPS) is 10.0. The lowest BCUT2D eigenvalue weighted by atomic mass is 10.2. The van der Waals surface area contributed by atoms with Gasteiger partial charge >= 0.3 is 6.03 Å². The highest BCUT2D eigenvalue weighted by Crippen LogP contribution is 2.30. The van der Waals surface area contributed by atoms with Gasteiger partial charge in [0.2, 0.25) is 0 Å². The number of amides is 2. The lowest BCUT2D eigenvalue weighted by Crippen LogP contribution is -2.48. The standard InChI is InChI=1S/C8H12FN5O2/c1-13(11)8(16)14(12)6-3-5(10)4(9)2-7(6)15/h2-3,15H,10-12H2,1H3. The van der Waals surface area contributed by atoms with E-state index in [-0.39, 0.29) is 11.4 Å². The van der Waals surface area contributed by atoms with E-state index in [1.54, 1.807) is 0 Å². The third-order valence-electron chi connectivity index (χ3n) is 1.86. The van der Waals surface area contributed by atoms with Gasteiger partial charge < -0.3 is 10.8 Å². The van der Waals surface area contributed by atoms with E-state index in [1.807, 2.05) is 0 Å². The summed E-state index contributed by atoms with van der Waals surface area (Å²) in [6.45, 7) is 0. The predicted octanol–water partition coefficient (Wildman–Crippen LogP) is -0.281. The minimum absolute atomic E-state index is 0.138. The summed E-state index contributed by atoms with van der Waals surface area (Å²) in [6, 6.07) is 1.00. The molecule has 1 aromatic rings. The van der Waals surface area contributed by atoms with Gasteiger partial charge in [-0.1, -0.05) is 0 Å². The van der Waals surface area contributed by atoms with Gasteiger partial charge in [0.05, 0.1) is 5.69 Å². The number of halogens is 1. The molecule has 8 heteroatoms. The Bertz CT molecular complexity index is 423. The lowest BCUT2D eigenvalue weighted by molar-refractivity contribution is 0.216. The molecule has 7 nitrogen and oxygen atoms in total. The topological polar surface area (TPSA) is 122 Å². The zero-order valence-electron chi connectivity index (χ0n) is 8.51. The number of hydrazine groups is 2. The molecular weight excluding hydrogens is 217 g/mol. The van der Waals surface area contributed by atoms with Gasteiger partial charge in [-0.05, 0) is 6.07 Å². The number of anilines is 2. The summed E-state index contributed by atoms with van der Waals surface area (Å²) in [5.41, 5.74) is 4.90. The monoisotopic (exact) mass is 229 g/mol. The molecular formula is C8H12FN5O2. The number of nitrogens with two attached hydrogens (primary N) is 3. The van der Waals surface area contributed by atoms with Crippen LogP contribution in [0.5, 0.6) is 5.75 Å². The molecule has 0 fully saturated rings. The number of carbonyl (C=O) groups excluding carboxylic acids is 1. The molecule has 0 unspecified atom stereocenters. The van der Waals surface area contributed by atoms with Crippen molar-refractivity contribution >= 4 is 17.4 Å². The van der Waals surface area contributed by atoms with Gasteiger partial charge in [0.15, 0.2) is 0 Å². The van der Waals surface area contributed by atoms with Gasteiger partial charge in [-0.2, -0.15) is 0 Å². The first-order chi connectivity index (χ1) is 7.34. The van der Waals surface area contributed by atoms with Crippen LogP contribution in [0.2, 0.25) is 0 Å². The van der Waals surface area contributed by atoms with Crippen LogP contribution in [0.25, 0.3) is 0 Å². The zero-order chi connectivity index (χ0) is 12.5. The number of hydrogen-bond acceptors (Lipinski definition) is 5. The van der Waals surface area contributed by atoms with Gasteiger partial charge in [0.1, 0.15) is 17.3 Å². The highest BCUT2D eigenvalue weighted by molar-refractivity contribution is 5.92. The van der Waals surface area contributed by atoms with Crippen molar-refractivity contribution in [3.05, 3.63) is 17.9 Å². The molecule has 0 saturated heterocycles. The van der Waals surface area contributed by atoms with Crippen LogP contribution in [-0.4, -0.2) is 23.2 Å². The fourth-order valence-corrected chi connectivity index (χ4v) is 1.03. The fourth-order valence-electron chi connectivity index (χ4n) is 1.03. The van der Waals surface area contributed by atoms with Gasteiger partial charge in [0, 0.05) is 13.1 Å². The summed E-state index contributed by atoms with van der Waals surface area (Å²) in [5, 5.41) is 10.7. The number of phenolic OH excluding ortho intramolecular Hbond substituents is 1.